The van der Waals surface area contributed by atoms with Gasteiger partial charge in [-0.2, -0.15) is 0 Å². The molecule has 0 aliphatic carbocycles. The summed E-state index contributed by atoms with van der Waals surface area (Å²) >= 11 is 0. The highest BCUT2D eigenvalue weighted by atomic mass is 16.7. The number of amides is 1. The number of hydrogen-bond donors (Lipinski definition) is 2. The molecule has 152 valence electrons. The van der Waals surface area contributed by atoms with Gasteiger partial charge in [0.2, 0.25) is 12.2 Å². The van der Waals surface area contributed by atoms with Crippen molar-refractivity contribution in [2.75, 3.05) is 20.1 Å². The Morgan fingerprint density at radius 3 is 2.00 bits per heavy atom. The van der Waals surface area contributed by atoms with Crippen LogP contribution >= 0.6 is 0 Å². The van der Waals surface area contributed by atoms with E-state index in [0.717, 1.165) is 19.3 Å². The van der Waals surface area contributed by atoms with Crippen molar-refractivity contribution in [2.45, 2.75) is 84.3 Å². The lowest BCUT2D eigenvalue weighted by molar-refractivity contribution is -0.184. The first-order chi connectivity index (χ1) is 12.5. The Balaban J connectivity index is 3.69. The number of carbonyl (C=O) groups excluding carboxylic acids is 3. The molecule has 7 heteroatoms. The second-order valence-electron chi connectivity index (χ2n) is 6.37. The molecule has 0 saturated carbocycles. The third-order valence-electron chi connectivity index (χ3n) is 3.83. The zero-order valence-corrected chi connectivity index (χ0v) is 16.6. The van der Waals surface area contributed by atoms with Gasteiger partial charge in [0.15, 0.2) is 0 Å². The van der Waals surface area contributed by atoms with E-state index in [1.54, 1.807) is 7.05 Å². The summed E-state index contributed by atoms with van der Waals surface area (Å²) in [4.78, 5) is 34.8. The summed E-state index contributed by atoms with van der Waals surface area (Å²) in [5.74, 6) is -1.12. The minimum atomic E-state index is -0.924. The van der Waals surface area contributed by atoms with Gasteiger partial charge >= 0.3 is 11.9 Å². The molecule has 0 spiro atoms. The van der Waals surface area contributed by atoms with Crippen molar-refractivity contribution < 1.29 is 23.9 Å². The molecule has 0 aromatic rings. The topological polar surface area (TPSA) is 93.7 Å². The SMILES string of the molecule is CCCCCCCCCC(=O)OC(C)OC(=O)CCC(=O)NCCNC. The summed E-state index contributed by atoms with van der Waals surface area (Å²) in [5, 5.41) is 5.58. The molecule has 2 N–H and O–H groups in total. The summed E-state index contributed by atoms with van der Waals surface area (Å²) in [5.41, 5.74) is 0. The van der Waals surface area contributed by atoms with Gasteiger partial charge < -0.3 is 20.1 Å². The van der Waals surface area contributed by atoms with E-state index in [1.165, 1.54) is 32.6 Å². The van der Waals surface area contributed by atoms with Gasteiger partial charge in [-0.1, -0.05) is 45.4 Å². The molecule has 1 atom stereocenters. The number of likely N-dealkylation sites (N-methyl/N-ethyl adjacent to an activating group) is 1. The fourth-order valence-corrected chi connectivity index (χ4v) is 2.37. The van der Waals surface area contributed by atoms with Crippen molar-refractivity contribution in [1.29, 1.82) is 0 Å². The highest BCUT2D eigenvalue weighted by molar-refractivity contribution is 5.81. The van der Waals surface area contributed by atoms with Gasteiger partial charge in [-0.25, -0.2) is 0 Å². The van der Waals surface area contributed by atoms with Crippen molar-refractivity contribution in [3.8, 4) is 0 Å². The van der Waals surface area contributed by atoms with E-state index in [9.17, 15) is 14.4 Å². The van der Waals surface area contributed by atoms with E-state index >= 15 is 0 Å². The maximum absolute atomic E-state index is 11.7. The largest absolute Gasteiger partial charge is 0.425 e. The van der Waals surface area contributed by atoms with Crippen molar-refractivity contribution in [1.82, 2.24) is 10.6 Å². The van der Waals surface area contributed by atoms with Gasteiger partial charge in [0.1, 0.15) is 0 Å². The van der Waals surface area contributed by atoms with Crippen molar-refractivity contribution in [3.63, 3.8) is 0 Å². The number of unbranched alkanes of at least 4 members (excludes halogenated alkanes) is 6. The van der Waals surface area contributed by atoms with Crippen LogP contribution < -0.4 is 10.6 Å². The van der Waals surface area contributed by atoms with E-state index < -0.39 is 12.3 Å². The second kappa shape index (κ2) is 16.8. The smallest absolute Gasteiger partial charge is 0.309 e. The van der Waals surface area contributed by atoms with Crippen LogP contribution in [0.3, 0.4) is 0 Å². The van der Waals surface area contributed by atoms with Gasteiger partial charge in [0.05, 0.1) is 6.42 Å². The maximum atomic E-state index is 11.7. The fraction of sp³-hybridized carbons (Fsp3) is 0.842. The lowest BCUT2D eigenvalue weighted by Gasteiger charge is -2.14. The molecular formula is C19H36N2O5. The summed E-state index contributed by atoms with van der Waals surface area (Å²) in [6.45, 7) is 4.87. The number of nitrogens with one attached hydrogen (secondary N) is 2. The normalized spacial score (nSPS) is 11.7. The molecule has 0 aliphatic heterocycles. The first-order valence-corrected chi connectivity index (χ1v) is 9.79. The van der Waals surface area contributed by atoms with E-state index in [1.807, 2.05) is 0 Å². The minimum Gasteiger partial charge on any atom is -0.425 e. The third kappa shape index (κ3) is 15.9. The van der Waals surface area contributed by atoms with Crippen LogP contribution in [-0.2, 0) is 23.9 Å². The van der Waals surface area contributed by atoms with Gasteiger partial charge in [-0.3, -0.25) is 14.4 Å². The Bertz CT molecular complexity index is 401. The van der Waals surface area contributed by atoms with E-state index in [0.29, 0.717) is 19.5 Å². The average Bonchev–Trinajstić information content (AvgIpc) is 2.59. The molecule has 7 nitrogen and oxygen atoms in total. The molecule has 0 fully saturated rings. The zero-order chi connectivity index (χ0) is 19.6. The molecule has 0 aliphatic rings. The number of hydrogen-bond acceptors (Lipinski definition) is 6. The molecule has 0 rings (SSSR count). The van der Waals surface area contributed by atoms with Gasteiger partial charge in [-0.05, 0) is 13.5 Å². The Morgan fingerprint density at radius 2 is 1.38 bits per heavy atom. The van der Waals surface area contributed by atoms with E-state index in [4.69, 9.17) is 9.47 Å². The number of carbonyl (C=O) groups is 3. The van der Waals surface area contributed by atoms with Crippen LogP contribution in [0.4, 0.5) is 0 Å². The molecule has 1 unspecified atom stereocenters. The Labute approximate surface area is 157 Å². The molecule has 0 saturated heterocycles. The van der Waals surface area contributed by atoms with Crippen molar-refractivity contribution >= 4 is 17.8 Å². The number of esters is 2. The molecular weight excluding hydrogens is 336 g/mol. The maximum Gasteiger partial charge on any atom is 0.309 e. The highest BCUT2D eigenvalue weighted by Crippen LogP contribution is 2.09. The first-order valence-electron chi connectivity index (χ1n) is 9.79. The van der Waals surface area contributed by atoms with E-state index in [-0.39, 0.29) is 24.7 Å². The molecule has 0 radical (unpaired) electrons. The van der Waals surface area contributed by atoms with Crippen LogP contribution in [0.25, 0.3) is 0 Å². The second-order valence-corrected chi connectivity index (χ2v) is 6.37. The van der Waals surface area contributed by atoms with Crippen LogP contribution in [0.15, 0.2) is 0 Å². The summed E-state index contributed by atoms with van der Waals surface area (Å²) < 4.78 is 10.1. The summed E-state index contributed by atoms with van der Waals surface area (Å²) in [7, 11) is 1.79. The fourth-order valence-electron chi connectivity index (χ4n) is 2.37. The molecule has 1 amide bonds. The van der Waals surface area contributed by atoms with Gasteiger partial charge in [0, 0.05) is 32.9 Å². The third-order valence-corrected chi connectivity index (χ3v) is 3.83. The predicted molar refractivity (Wildman–Crippen MR) is 100 cm³/mol. The molecule has 0 bridgehead atoms. The molecule has 0 aromatic heterocycles. The summed E-state index contributed by atoms with van der Waals surface area (Å²) in [6, 6.07) is 0. The lowest BCUT2D eigenvalue weighted by Crippen LogP contribution is -2.31. The van der Waals surface area contributed by atoms with Gasteiger partial charge in [-0.15, -0.1) is 0 Å². The molecule has 0 heterocycles. The molecule has 0 aromatic carbocycles. The van der Waals surface area contributed by atoms with Gasteiger partial charge in [0.25, 0.3) is 0 Å². The van der Waals surface area contributed by atoms with Crippen LogP contribution in [0.2, 0.25) is 0 Å². The minimum absolute atomic E-state index is 0.0367. The average molecular weight is 373 g/mol. The lowest BCUT2D eigenvalue weighted by atomic mass is 10.1. The zero-order valence-electron chi connectivity index (χ0n) is 16.6. The first kappa shape index (κ1) is 24.4. The Morgan fingerprint density at radius 1 is 0.808 bits per heavy atom. The van der Waals surface area contributed by atoms with E-state index in [2.05, 4.69) is 17.6 Å². The Kier molecular flexibility index (Phi) is 15.8. The van der Waals surface area contributed by atoms with Crippen LogP contribution in [0.5, 0.6) is 0 Å². The van der Waals surface area contributed by atoms with Crippen LogP contribution in [0, 0.1) is 0 Å². The summed E-state index contributed by atoms with van der Waals surface area (Å²) in [6.07, 6.45) is 7.32. The number of ether oxygens (including phenoxy) is 2. The quantitative estimate of drug-likeness (QED) is 0.246. The van der Waals surface area contributed by atoms with Crippen LogP contribution in [0.1, 0.15) is 78.1 Å². The number of rotatable bonds is 16. The van der Waals surface area contributed by atoms with Crippen molar-refractivity contribution in [2.24, 2.45) is 0 Å². The standard InChI is InChI=1S/C19H36N2O5/c1-4-5-6-7-8-9-10-11-18(23)25-16(2)26-19(24)13-12-17(22)21-15-14-20-3/h16,20H,4-15H2,1-3H3,(H,21,22). The highest BCUT2D eigenvalue weighted by Gasteiger charge is 2.15. The Hall–Kier alpha value is -1.63. The predicted octanol–water partition coefficient (Wildman–Crippen LogP) is 2.68. The van der Waals surface area contributed by atoms with Crippen LogP contribution in [-0.4, -0.2) is 44.3 Å². The monoisotopic (exact) mass is 372 g/mol. The van der Waals surface area contributed by atoms with Crippen molar-refractivity contribution in [3.05, 3.63) is 0 Å². The molecule has 26 heavy (non-hydrogen) atoms.